The van der Waals surface area contributed by atoms with Gasteiger partial charge in [-0.3, -0.25) is 9.78 Å². The molecule has 0 fully saturated rings. The lowest BCUT2D eigenvalue weighted by Gasteiger charge is -2.08. The molecule has 1 heterocycles. The van der Waals surface area contributed by atoms with Gasteiger partial charge in [-0.25, -0.2) is 0 Å². The third kappa shape index (κ3) is 3.42. The SMILES string of the molecule is Cc1ccc(C(=O)NCc2ccc(CN)cc2)c(C)n1. The molecule has 0 radical (unpaired) electrons. The quantitative estimate of drug-likeness (QED) is 0.893. The summed E-state index contributed by atoms with van der Waals surface area (Å²) in [6.45, 7) is 4.78. The van der Waals surface area contributed by atoms with Gasteiger partial charge in [0.25, 0.3) is 5.91 Å². The van der Waals surface area contributed by atoms with E-state index in [1.54, 1.807) is 0 Å². The van der Waals surface area contributed by atoms with Gasteiger partial charge < -0.3 is 11.1 Å². The number of nitrogens with zero attached hydrogens (tertiary/aromatic N) is 1. The van der Waals surface area contributed by atoms with Gasteiger partial charge in [0.2, 0.25) is 0 Å². The third-order valence-corrected chi connectivity index (χ3v) is 3.18. The van der Waals surface area contributed by atoms with Crippen molar-refractivity contribution in [3.63, 3.8) is 0 Å². The molecule has 3 N–H and O–H groups in total. The van der Waals surface area contributed by atoms with E-state index in [2.05, 4.69) is 10.3 Å². The molecule has 0 spiro atoms. The molecule has 0 bridgehead atoms. The number of pyridine rings is 1. The highest BCUT2D eigenvalue weighted by Gasteiger charge is 2.09. The standard InChI is InChI=1S/C16H19N3O/c1-11-3-8-15(12(2)19-11)16(20)18-10-14-6-4-13(9-17)5-7-14/h3-8H,9-10,17H2,1-2H3,(H,18,20). The van der Waals surface area contributed by atoms with E-state index < -0.39 is 0 Å². The third-order valence-electron chi connectivity index (χ3n) is 3.18. The molecule has 1 aromatic heterocycles. The van der Waals surface area contributed by atoms with Crippen LogP contribution in [0.1, 0.15) is 32.9 Å². The summed E-state index contributed by atoms with van der Waals surface area (Å²) in [5.74, 6) is -0.0992. The van der Waals surface area contributed by atoms with E-state index >= 15 is 0 Å². The van der Waals surface area contributed by atoms with Crippen LogP contribution >= 0.6 is 0 Å². The van der Waals surface area contributed by atoms with Gasteiger partial charge in [0, 0.05) is 18.8 Å². The average molecular weight is 269 g/mol. The van der Waals surface area contributed by atoms with Crippen molar-refractivity contribution in [1.82, 2.24) is 10.3 Å². The fourth-order valence-corrected chi connectivity index (χ4v) is 2.00. The van der Waals surface area contributed by atoms with Gasteiger partial charge >= 0.3 is 0 Å². The van der Waals surface area contributed by atoms with E-state index in [1.165, 1.54) is 0 Å². The maximum absolute atomic E-state index is 12.1. The number of nitrogens with two attached hydrogens (primary N) is 1. The van der Waals surface area contributed by atoms with Gasteiger partial charge in [-0.1, -0.05) is 24.3 Å². The summed E-state index contributed by atoms with van der Waals surface area (Å²) in [5, 5.41) is 2.90. The van der Waals surface area contributed by atoms with Crippen LogP contribution in [0, 0.1) is 13.8 Å². The topological polar surface area (TPSA) is 68.0 Å². The van der Waals surface area contributed by atoms with Crippen molar-refractivity contribution >= 4 is 5.91 Å². The first-order valence-electron chi connectivity index (χ1n) is 6.60. The maximum atomic E-state index is 12.1. The van der Waals surface area contributed by atoms with Gasteiger partial charge in [-0.2, -0.15) is 0 Å². The predicted octanol–water partition coefficient (Wildman–Crippen LogP) is 2.09. The summed E-state index contributed by atoms with van der Waals surface area (Å²) in [6.07, 6.45) is 0. The zero-order chi connectivity index (χ0) is 14.5. The number of carbonyl (C=O) groups excluding carboxylic acids is 1. The van der Waals surface area contributed by atoms with Gasteiger partial charge in [-0.15, -0.1) is 0 Å². The fraction of sp³-hybridized carbons (Fsp3) is 0.250. The number of benzene rings is 1. The summed E-state index contributed by atoms with van der Waals surface area (Å²) in [7, 11) is 0. The van der Waals surface area contributed by atoms with Crippen molar-refractivity contribution in [3.8, 4) is 0 Å². The molecule has 0 unspecified atom stereocenters. The molecule has 104 valence electrons. The van der Waals surface area contributed by atoms with Crippen LogP contribution in [0.5, 0.6) is 0 Å². The molecule has 1 aromatic carbocycles. The summed E-state index contributed by atoms with van der Waals surface area (Å²) in [4.78, 5) is 16.4. The Hall–Kier alpha value is -2.20. The Balaban J connectivity index is 2.00. The number of nitrogens with one attached hydrogen (secondary N) is 1. The zero-order valence-electron chi connectivity index (χ0n) is 11.8. The average Bonchev–Trinajstić information content (AvgIpc) is 2.45. The normalized spacial score (nSPS) is 10.3. The van der Waals surface area contributed by atoms with Crippen LogP contribution in [0.2, 0.25) is 0 Å². The minimum Gasteiger partial charge on any atom is -0.348 e. The first-order chi connectivity index (χ1) is 9.60. The van der Waals surface area contributed by atoms with Crippen LogP contribution in [0.25, 0.3) is 0 Å². The maximum Gasteiger partial charge on any atom is 0.253 e. The largest absolute Gasteiger partial charge is 0.348 e. The molecule has 2 rings (SSSR count). The Morgan fingerprint density at radius 1 is 1.10 bits per heavy atom. The van der Waals surface area contributed by atoms with Crippen molar-refractivity contribution in [3.05, 3.63) is 64.5 Å². The fourth-order valence-electron chi connectivity index (χ4n) is 2.00. The van der Waals surface area contributed by atoms with Gasteiger partial charge in [0.05, 0.1) is 11.3 Å². The van der Waals surface area contributed by atoms with Crippen LogP contribution in [-0.4, -0.2) is 10.9 Å². The Morgan fingerprint density at radius 2 is 1.75 bits per heavy atom. The van der Waals surface area contributed by atoms with Crippen molar-refractivity contribution in [2.45, 2.75) is 26.9 Å². The Morgan fingerprint density at radius 3 is 2.35 bits per heavy atom. The molecule has 0 saturated carbocycles. The monoisotopic (exact) mass is 269 g/mol. The molecule has 4 heteroatoms. The molecule has 0 aliphatic carbocycles. The zero-order valence-corrected chi connectivity index (χ0v) is 11.8. The second-order valence-corrected chi connectivity index (χ2v) is 4.79. The smallest absolute Gasteiger partial charge is 0.253 e. The summed E-state index contributed by atoms with van der Waals surface area (Å²) in [6, 6.07) is 11.5. The van der Waals surface area contributed by atoms with Gasteiger partial charge in [0.15, 0.2) is 0 Å². The highest BCUT2D eigenvalue weighted by molar-refractivity contribution is 5.95. The van der Waals surface area contributed by atoms with E-state index in [9.17, 15) is 4.79 Å². The molecule has 1 amide bonds. The van der Waals surface area contributed by atoms with E-state index in [4.69, 9.17) is 5.73 Å². The van der Waals surface area contributed by atoms with Crippen molar-refractivity contribution in [1.29, 1.82) is 0 Å². The minimum absolute atomic E-state index is 0.0992. The number of aromatic nitrogens is 1. The van der Waals surface area contributed by atoms with Crippen LogP contribution in [0.3, 0.4) is 0 Å². The molecular weight excluding hydrogens is 250 g/mol. The minimum atomic E-state index is -0.0992. The first kappa shape index (κ1) is 14.2. The summed E-state index contributed by atoms with van der Waals surface area (Å²) < 4.78 is 0. The van der Waals surface area contributed by atoms with Gasteiger partial charge in [-0.05, 0) is 37.1 Å². The highest BCUT2D eigenvalue weighted by Crippen LogP contribution is 2.08. The lowest BCUT2D eigenvalue weighted by atomic mass is 10.1. The Labute approximate surface area is 119 Å². The first-order valence-corrected chi connectivity index (χ1v) is 6.60. The molecular formula is C16H19N3O. The molecule has 0 aliphatic heterocycles. The van der Waals surface area contributed by atoms with Crippen LogP contribution in [-0.2, 0) is 13.1 Å². The lowest BCUT2D eigenvalue weighted by molar-refractivity contribution is 0.0950. The van der Waals surface area contributed by atoms with Crippen LogP contribution in [0.4, 0.5) is 0 Å². The Bertz CT molecular complexity index is 606. The lowest BCUT2D eigenvalue weighted by Crippen LogP contribution is -2.24. The van der Waals surface area contributed by atoms with E-state index in [0.717, 1.165) is 22.5 Å². The molecule has 4 nitrogen and oxygen atoms in total. The number of hydrogen-bond acceptors (Lipinski definition) is 3. The van der Waals surface area contributed by atoms with E-state index in [0.29, 0.717) is 18.7 Å². The highest BCUT2D eigenvalue weighted by atomic mass is 16.1. The van der Waals surface area contributed by atoms with E-state index in [1.807, 2.05) is 50.2 Å². The molecule has 0 saturated heterocycles. The number of rotatable bonds is 4. The molecule has 0 atom stereocenters. The predicted molar refractivity (Wildman–Crippen MR) is 79.2 cm³/mol. The summed E-state index contributed by atoms with van der Waals surface area (Å²) >= 11 is 0. The second-order valence-electron chi connectivity index (χ2n) is 4.79. The van der Waals surface area contributed by atoms with Crippen molar-refractivity contribution < 1.29 is 4.79 Å². The van der Waals surface area contributed by atoms with Crippen molar-refractivity contribution in [2.75, 3.05) is 0 Å². The number of hydrogen-bond donors (Lipinski definition) is 2. The van der Waals surface area contributed by atoms with E-state index in [-0.39, 0.29) is 5.91 Å². The molecule has 0 aliphatic rings. The second kappa shape index (κ2) is 6.30. The van der Waals surface area contributed by atoms with Crippen LogP contribution < -0.4 is 11.1 Å². The van der Waals surface area contributed by atoms with Crippen LogP contribution in [0.15, 0.2) is 36.4 Å². The van der Waals surface area contributed by atoms with Crippen molar-refractivity contribution in [2.24, 2.45) is 5.73 Å². The molecule has 20 heavy (non-hydrogen) atoms. The number of carbonyl (C=O) groups is 1. The number of aryl methyl sites for hydroxylation is 2. The Kier molecular flexibility index (Phi) is 4.48. The van der Waals surface area contributed by atoms with Gasteiger partial charge in [0.1, 0.15) is 0 Å². The summed E-state index contributed by atoms with van der Waals surface area (Å²) in [5.41, 5.74) is 9.97. The molecule has 2 aromatic rings. The number of amides is 1.